The molecule has 6 aromatic rings. The second-order valence-corrected chi connectivity index (χ2v) is 12.8. The van der Waals surface area contributed by atoms with Gasteiger partial charge in [0.2, 0.25) is 0 Å². The highest BCUT2D eigenvalue weighted by atomic mass is 31.1. The summed E-state index contributed by atoms with van der Waals surface area (Å²) < 4.78 is 12.3. The molecule has 0 atom stereocenters. The molecule has 0 aliphatic heterocycles. The molecule has 0 aromatic heterocycles. The third-order valence-electron chi connectivity index (χ3n) is 7.31. The molecular formula is C40H34NO3P. The average molecular weight is 608 g/mol. The molecule has 45 heavy (non-hydrogen) atoms. The molecule has 0 fully saturated rings. The summed E-state index contributed by atoms with van der Waals surface area (Å²) in [5.41, 5.74) is 3.67. The van der Waals surface area contributed by atoms with Gasteiger partial charge in [-0.3, -0.25) is 4.79 Å². The third-order valence-corrected chi connectivity index (χ3v) is 9.75. The molecule has 0 unspecified atom stereocenters. The summed E-state index contributed by atoms with van der Waals surface area (Å²) in [5.74, 6) is 1.24. The summed E-state index contributed by atoms with van der Waals surface area (Å²) in [6, 6.07) is 55.0. The lowest BCUT2D eigenvalue weighted by atomic mass is 10.1. The topological polar surface area (TPSA) is 47.6 Å². The van der Waals surface area contributed by atoms with Crippen LogP contribution in [0.4, 0.5) is 0 Å². The fraction of sp³-hybridized carbons (Fsp3) is 0.0750. The zero-order chi connectivity index (χ0) is 30.7. The van der Waals surface area contributed by atoms with E-state index in [-0.39, 0.29) is 5.91 Å². The standard InChI is InChI=1S/C40H34NO3P/c42-40(34-21-23-39(24-22-34)45(37-17-9-3-10-18-37)38-19-11-4-12-20-38)41-28-33-25-35(43-29-31-13-5-1-6-14-31)27-36(26-33)44-30-32-15-7-2-8-16-32/h1-27H,28-30H2,(H,41,42). The van der Waals surface area contributed by atoms with Crippen molar-refractivity contribution < 1.29 is 14.3 Å². The number of rotatable bonds is 12. The lowest BCUT2D eigenvalue weighted by Gasteiger charge is -2.19. The number of hydrogen-bond acceptors (Lipinski definition) is 3. The Morgan fingerprint density at radius 3 is 1.38 bits per heavy atom. The third kappa shape index (κ3) is 8.26. The minimum absolute atomic E-state index is 0.132. The van der Waals surface area contributed by atoms with E-state index in [1.54, 1.807) is 0 Å². The van der Waals surface area contributed by atoms with E-state index < -0.39 is 7.92 Å². The van der Waals surface area contributed by atoms with Crippen LogP contribution in [0.15, 0.2) is 164 Å². The summed E-state index contributed by atoms with van der Waals surface area (Å²) >= 11 is 0. The molecule has 0 saturated carbocycles. The van der Waals surface area contributed by atoms with Crippen molar-refractivity contribution in [2.45, 2.75) is 19.8 Å². The molecule has 222 valence electrons. The largest absolute Gasteiger partial charge is 0.489 e. The van der Waals surface area contributed by atoms with Gasteiger partial charge < -0.3 is 14.8 Å². The van der Waals surface area contributed by atoms with Crippen molar-refractivity contribution >= 4 is 29.7 Å². The first-order valence-corrected chi connectivity index (χ1v) is 16.3. The van der Waals surface area contributed by atoms with Crippen LogP contribution in [-0.4, -0.2) is 5.91 Å². The Balaban J connectivity index is 1.16. The smallest absolute Gasteiger partial charge is 0.251 e. The summed E-state index contributed by atoms with van der Waals surface area (Å²) in [6.07, 6.45) is 0. The van der Waals surface area contributed by atoms with Crippen molar-refractivity contribution in [3.05, 3.63) is 186 Å². The van der Waals surface area contributed by atoms with E-state index >= 15 is 0 Å². The Hall–Kier alpha value is -5.18. The highest BCUT2D eigenvalue weighted by Gasteiger charge is 2.17. The number of carbonyl (C=O) groups is 1. The van der Waals surface area contributed by atoms with Gasteiger partial charge in [-0.1, -0.05) is 133 Å². The van der Waals surface area contributed by atoms with Gasteiger partial charge in [0.05, 0.1) is 0 Å². The van der Waals surface area contributed by atoms with Gasteiger partial charge in [0, 0.05) is 18.2 Å². The van der Waals surface area contributed by atoms with Crippen LogP contribution in [0.5, 0.6) is 11.5 Å². The number of hydrogen-bond donors (Lipinski definition) is 1. The van der Waals surface area contributed by atoms with Crippen LogP contribution in [-0.2, 0) is 19.8 Å². The fourth-order valence-electron chi connectivity index (χ4n) is 5.03. The summed E-state index contributed by atoms with van der Waals surface area (Å²) in [5, 5.41) is 6.83. The van der Waals surface area contributed by atoms with E-state index in [1.807, 2.05) is 103 Å². The molecule has 5 heteroatoms. The maximum atomic E-state index is 13.3. The van der Waals surface area contributed by atoms with E-state index in [4.69, 9.17) is 9.47 Å². The number of nitrogens with one attached hydrogen (secondary N) is 1. The molecule has 1 N–H and O–H groups in total. The van der Waals surface area contributed by atoms with E-state index in [9.17, 15) is 4.79 Å². The van der Waals surface area contributed by atoms with Crippen LogP contribution in [0.3, 0.4) is 0 Å². The van der Waals surface area contributed by atoms with Gasteiger partial charge in [0.15, 0.2) is 0 Å². The lowest BCUT2D eigenvalue weighted by molar-refractivity contribution is 0.0950. The minimum atomic E-state index is -0.730. The molecule has 6 aromatic carbocycles. The average Bonchev–Trinajstić information content (AvgIpc) is 3.11. The Bertz CT molecular complexity index is 1690. The van der Waals surface area contributed by atoms with Crippen LogP contribution in [0, 0.1) is 0 Å². The van der Waals surface area contributed by atoms with Crippen molar-refractivity contribution in [1.29, 1.82) is 0 Å². The number of benzene rings is 6. The number of amides is 1. The van der Waals surface area contributed by atoms with Crippen molar-refractivity contribution in [2.24, 2.45) is 0 Å². The summed E-state index contributed by atoms with van der Waals surface area (Å²) in [7, 11) is -0.730. The molecule has 6 rings (SSSR count). The predicted molar refractivity (Wildman–Crippen MR) is 184 cm³/mol. The van der Waals surface area contributed by atoms with Gasteiger partial charge in [-0.05, 0) is 64.8 Å². The van der Waals surface area contributed by atoms with Gasteiger partial charge in [-0.15, -0.1) is 0 Å². The Labute approximate surface area is 266 Å². The van der Waals surface area contributed by atoms with Crippen molar-refractivity contribution in [1.82, 2.24) is 5.32 Å². The van der Waals surface area contributed by atoms with Crippen molar-refractivity contribution in [2.75, 3.05) is 0 Å². The molecule has 1 amide bonds. The zero-order valence-electron chi connectivity index (χ0n) is 24.9. The Kier molecular flexibility index (Phi) is 9.96. The Morgan fingerprint density at radius 2 is 0.911 bits per heavy atom. The number of carbonyl (C=O) groups excluding carboxylic acids is 1. The quantitative estimate of drug-likeness (QED) is 0.146. The van der Waals surface area contributed by atoms with Crippen molar-refractivity contribution in [3.8, 4) is 11.5 Å². The SMILES string of the molecule is O=C(NCc1cc(OCc2ccccc2)cc(OCc2ccccc2)c1)c1ccc(P(c2ccccc2)c2ccccc2)cc1. The van der Waals surface area contributed by atoms with Crippen LogP contribution < -0.4 is 30.7 Å². The maximum Gasteiger partial charge on any atom is 0.251 e. The van der Waals surface area contributed by atoms with Crippen molar-refractivity contribution in [3.63, 3.8) is 0 Å². The second-order valence-electron chi connectivity index (χ2n) is 10.6. The summed E-state index contributed by atoms with van der Waals surface area (Å²) in [6.45, 7) is 1.22. The Morgan fingerprint density at radius 1 is 0.489 bits per heavy atom. The summed E-state index contributed by atoms with van der Waals surface area (Å²) in [4.78, 5) is 13.3. The first-order chi connectivity index (χ1) is 22.2. The maximum absolute atomic E-state index is 13.3. The lowest BCUT2D eigenvalue weighted by Crippen LogP contribution is -2.24. The van der Waals surface area contributed by atoms with Crippen LogP contribution >= 0.6 is 7.92 Å². The predicted octanol–water partition coefficient (Wildman–Crippen LogP) is 7.53. The highest BCUT2D eigenvalue weighted by molar-refractivity contribution is 7.79. The highest BCUT2D eigenvalue weighted by Crippen LogP contribution is 2.32. The normalized spacial score (nSPS) is 10.8. The van der Waals surface area contributed by atoms with E-state index in [1.165, 1.54) is 15.9 Å². The first-order valence-electron chi connectivity index (χ1n) is 15.0. The second kappa shape index (κ2) is 15.0. The molecule has 0 heterocycles. The van der Waals surface area contributed by atoms with E-state index in [0.717, 1.165) is 16.7 Å². The zero-order valence-corrected chi connectivity index (χ0v) is 25.8. The first kappa shape index (κ1) is 29.9. The molecule has 0 radical (unpaired) electrons. The van der Waals surface area contributed by atoms with Crippen LogP contribution in [0.1, 0.15) is 27.0 Å². The van der Waals surface area contributed by atoms with Gasteiger partial charge in [-0.2, -0.15) is 0 Å². The fourth-order valence-corrected chi connectivity index (χ4v) is 7.31. The number of ether oxygens (including phenoxy) is 2. The molecule has 0 aliphatic rings. The molecule has 0 bridgehead atoms. The van der Waals surface area contributed by atoms with Gasteiger partial charge in [0.1, 0.15) is 24.7 Å². The molecule has 4 nitrogen and oxygen atoms in total. The van der Waals surface area contributed by atoms with Gasteiger partial charge >= 0.3 is 0 Å². The van der Waals surface area contributed by atoms with Gasteiger partial charge in [-0.25, -0.2) is 0 Å². The molecular weight excluding hydrogens is 573 g/mol. The monoisotopic (exact) mass is 607 g/mol. The van der Waals surface area contributed by atoms with Crippen LogP contribution in [0.2, 0.25) is 0 Å². The van der Waals surface area contributed by atoms with E-state index in [0.29, 0.717) is 36.8 Å². The molecule has 0 aliphatic carbocycles. The van der Waals surface area contributed by atoms with E-state index in [2.05, 4.69) is 66.0 Å². The van der Waals surface area contributed by atoms with Gasteiger partial charge in [0.25, 0.3) is 5.91 Å². The molecule has 0 saturated heterocycles. The minimum Gasteiger partial charge on any atom is -0.489 e. The molecule has 0 spiro atoms. The van der Waals surface area contributed by atoms with Crippen LogP contribution in [0.25, 0.3) is 0 Å².